The molecule has 0 aliphatic heterocycles. The lowest BCUT2D eigenvalue weighted by atomic mass is 10.3. The van der Waals surface area contributed by atoms with Crippen molar-refractivity contribution >= 4 is 17.4 Å². The molecular formula is C10H14FNOS. The predicted molar refractivity (Wildman–Crippen MR) is 58.4 cm³/mol. The second kappa shape index (κ2) is 4.55. The summed E-state index contributed by atoms with van der Waals surface area (Å²) >= 11 is 1.59. The molecule has 2 N–H and O–H groups in total. The fraction of sp³-hybridized carbons (Fsp3) is 0.400. The van der Waals surface area contributed by atoms with Crippen LogP contribution in [0.1, 0.15) is 13.8 Å². The van der Waals surface area contributed by atoms with Crippen molar-refractivity contribution in [1.29, 1.82) is 0 Å². The topological polar surface area (TPSA) is 35.2 Å². The van der Waals surface area contributed by atoms with Crippen molar-refractivity contribution in [3.63, 3.8) is 0 Å². The summed E-state index contributed by atoms with van der Waals surface area (Å²) in [7, 11) is 1.44. The third-order valence-electron chi connectivity index (χ3n) is 1.65. The van der Waals surface area contributed by atoms with Gasteiger partial charge in [0.05, 0.1) is 7.11 Å². The summed E-state index contributed by atoms with van der Waals surface area (Å²) in [5, 5.41) is 0.410. The standard InChI is InChI=1S/C10H14FNOS/c1-6(2)14-10-5-9(13-3)7(11)4-8(10)12/h4-6H,12H2,1-3H3. The highest BCUT2D eigenvalue weighted by Gasteiger charge is 2.09. The van der Waals surface area contributed by atoms with Crippen LogP contribution in [0.4, 0.5) is 10.1 Å². The summed E-state index contributed by atoms with van der Waals surface area (Å²) in [4.78, 5) is 0.859. The van der Waals surface area contributed by atoms with Gasteiger partial charge < -0.3 is 10.5 Å². The molecule has 0 radical (unpaired) electrons. The summed E-state index contributed by atoms with van der Waals surface area (Å²) in [5.74, 6) is -0.180. The van der Waals surface area contributed by atoms with Crippen molar-refractivity contribution < 1.29 is 9.13 Å². The summed E-state index contributed by atoms with van der Waals surface area (Å²) < 4.78 is 18.0. The van der Waals surface area contributed by atoms with Crippen LogP contribution in [0.3, 0.4) is 0 Å². The molecule has 0 saturated heterocycles. The van der Waals surface area contributed by atoms with Crippen LogP contribution >= 0.6 is 11.8 Å². The highest BCUT2D eigenvalue weighted by Crippen LogP contribution is 2.33. The van der Waals surface area contributed by atoms with Crippen LogP contribution in [-0.2, 0) is 0 Å². The maximum Gasteiger partial charge on any atom is 0.167 e. The number of methoxy groups -OCH3 is 1. The molecule has 0 unspecified atom stereocenters. The molecule has 4 heteroatoms. The van der Waals surface area contributed by atoms with E-state index in [4.69, 9.17) is 10.5 Å². The zero-order valence-corrected chi connectivity index (χ0v) is 9.32. The van der Waals surface area contributed by atoms with E-state index in [0.717, 1.165) is 4.90 Å². The van der Waals surface area contributed by atoms with E-state index in [1.165, 1.54) is 13.2 Å². The highest BCUT2D eigenvalue weighted by molar-refractivity contribution is 8.00. The number of benzene rings is 1. The van der Waals surface area contributed by atoms with Crippen molar-refractivity contribution in [2.45, 2.75) is 24.0 Å². The molecule has 0 aromatic heterocycles. The Hall–Kier alpha value is -0.900. The molecule has 0 spiro atoms. The van der Waals surface area contributed by atoms with Gasteiger partial charge in [-0.15, -0.1) is 11.8 Å². The Bertz CT molecular complexity index is 328. The maximum absolute atomic E-state index is 13.2. The molecule has 0 atom stereocenters. The van der Waals surface area contributed by atoms with E-state index < -0.39 is 5.82 Å². The lowest BCUT2D eigenvalue weighted by Gasteiger charge is -2.10. The number of hydrogen-bond acceptors (Lipinski definition) is 3. The summed E-state index contributed by atoms with van der Waals surface area (Å²) in [5.41, 5.74) is 6.14. The van der Waals surface area contributed by atoms with Crippen molar-refractivity contribution in [2.24, 2.45) is 0 Å². The van der Waals surface area contributed by atoms with Crippen molar-refractivity contribution in [3.8, 4) is 5.75 Å². The molecule has 14 heavy (non-hydrogen) atoms. The lowest BCUT2D eigenvalue weighted by molar-refractivity contribution is 0.385. The maximum atomic E-state index is 13.2. The highest BCUT2D eigenvalue weighted by atomic mass is 32.2. The molecule has 0 aliphatic carbocycles. The molecule has 1 aromatic carbocycles. The minimum absolute atomic E-state index is 0.238. The Morgan fingerprint density at radius 1 is 1.43 bits per heavy atom. The molecule has 78 valence electrons. The van der Waals surface area contributed by atoms with Crippen LogP contribution in [0.2, 0.25) is 0 Å². The van der Waals surface area contributed by atoms with Gasteiger partial charge in [-0.05, 0) is 6.07 Å². The zero-order valence-electron chi connectivity index (χ0n) is 8.50. The van der Waals surface area contributed by atoms with E-state index in [9.17, 15) is 4.39 Å². The number of thioether (sulfide) groups is 1. The van der Waals surface area contributed by atoms with Gasteiger partial charge in [-0.3, -0.25) is 0 Å². The fourth-order valence-corrected chi connectivity index (χ4v) is 1.94. The second-order valence-corrected chi connectivity index (χ2v) is 4.81. The number of anilines is 1. The smallest absolute Gasteiger partial charge is 0.167 e. The molecule has 1 aromatic rings. The van der Waals surface area contributed by atoms with Crippen LogP contribution < -0.4 is 10.5 Å². The first-order valence-electron chi connectivity index (χ1n) is 4.34. The fourth-order valence-electron chi connectivity index (χ4n) is 1.06. The van der Waals surface area contributed by atoms with E-state index in [2.05, 4.69) is 13.8 Å². The van der Waals surface area contributed by atoms with E-state index in [-0.39, 0.29) is 5.75 Å². The van der Waals surface area contributed by atoms with E-state index in [1.54, 1.807) is 17.8 Å². The molecule has 1 rings (SSSR count). The number of nitrogens with two attached hydrogens (primary N) is 1. The minimum Gasteiger partial charge on any atom is -0.494 e. The van der Waals surface area contributed by atoms with Gasteiger partial charge in [0, 0.05) is 21.9 Å². The first-order valence-corrected chi connectivity index (χ1v) is 5.22. The quantitative estimate of drug-likeness (QED) is 0.622. The summed E-state index contributed by atoms with van der Waals surface area (Å²) in [6.45, 7) is 4.11. The number of halogens is 1. The van der Waals surface area contributed by atoms with Gasteiger partial charge in [-0.1, -0.05) is 13.8 Å². The van der Waals surface area contributed by atoms with Crippen LogP contribution in [0, 0.1) is 5.82 Å². The number of nitrogen functional groups attached to an aromatic ring is 1. The van der Waals surface area contributed by atoms with E-state index >= 15 is 0 Å². The summed E-state index contributed by atoms with van der Waals surface area (Å²) in [6.07, 6.45) is 0. The second-order valence-electron chi connectivity index (χ2n) is 3.19. The molecule has 0 heterocycles. The molecule has 0 fully saturated rings. The van der Waals surface area contributed by atoms with Crippen LogP contribution in [0.25, 0.3) is 0 Å². The largest absolute Gasteiger partial charge is 0.494 e. The third kappa shape index (κ3) is 2.54. The number of ether oxygens (including phenoxy) is 1. The van der Waals surface area contributed by atoms with Gasteiger partial charge in [0.15, 0.2) is 11.6 Å². The Morgan fingerprint density at radius 3 is 2.57 bits per heavy atom. The molecule has 2 nitrogen and oxygen atoms in total. The molecule has 0 saturated carbocycles. The Kier molecular flexibility index (Phi) is 3.63. The minimum atomic E-state index is -0.418. The van der Waals surface area contributed by atoms with Gasteiger partial charge in [-0.2, -0.15) is 0 Å². The van der Waals surface area contributed by atoms with Crippen LogP contribution in [0.15, 0.2) is 17.0 Å². The zero-order chi connectivity index (χ0) is 10.7. The number of hydrogen-bond donors (Lipinski definition) is 1. The van der Waals surface area contributed by atoms with Crippen molar-refractivity contribution in [3.05, 3.63) is 17.9 Å². The molecule has 0 aliphatic rings. The van der Waals surface area contributed by atoms with Crippen molar-refractivity contribution in [2.75, 3.05) is 12.8 Å². The van der Waals surface area contributed by atoms with Gasteiger partial charge in [0.25, 0.3) is 0 Å². The summed E-state index contributed by atoms with van der Waals surface area (Å²) in [6, 6.07) is 2.93. The van der Waals surface area contributed by atoms with Gasteiger partial charge >= 0.3 is 0 Å². The molecular weight excluding hydrogens is 201 g/mol. The molecule has 0 bridgehead atoms. The lowest BCUT2D eigenvalue weighted by Crippen LogP contribution is -1.96. The Labute approximate surface area is 87.6 Å². The normalized spacial score (nSPS) is 10.6. The average molecular weight is 215 g/mol. The van der Waals surface area contributed by atoms with Gasteiger partial charge in [0.1, 0.15) is 0 Å². The van der Waals surface area contributed by atoms with Crippen LogP contribution in [0.5, 0.6) is 5.75 Å². The van der Waals surface area contributed by atoms with E-state index in [1.807, 2.05) is 0 Å². The van der Waals surface area contributed by atoms with Crippen LogP contribution in [-0.4, -0.2) is 12.4 Å². The van der Waals surface area contributed by atoms with E-state index in [0.29, 0.717) is 10.9 Å². The Morgan fingerprint density at radius 2 is 2.07 bits per heavy atom. The van der Waals surface area contributed by atoms with Crippen molar-refractivity contribution in [1.82, 2.24) is 0 Å². The predicted octanol–water partition coefficient (Wildman–Crippen LogP) is 2.92. The molecule has 0 amide bonds. The Balaban J connectivity index is 3.04. The third-order valence-corrected chi connectivity index (χ3v) is 2.73. The first-order chi connectivity index (χ1) is 6.54. The monoisotopic (exact) mass is 215 g/mol. The van der Waals surface area contributed by atoms with Gasteiger partial charge in [-0.25, -0.2) is 4.39 Å². The average Bonchev–Trinajstić information content (AvgIpc) is 2.09. The first kappa shape index (κ1) is 11.2. The SMILES string of the molecule is COc1cc(SC(C)C)c(N)cc1F. The number of rotatable bonds is 3. The van der Waals surface area contributed by atoms with Gasteiger partial charge in [0.2, 0.25) is 0 Å².